The summed E-state index contributed by atoms with van der Waals surface area (Å²) in [5.74, 6) is -1.46. The SMILES string of the molecule is CCOC(=O)c1ccccc1NC(=O)CC(=O)Nc1ccc(C)cc1C. The summed E-state index contributed by atoms with van der Waals surface area (Å²) in [6.07, 6.45) is -0.357. The van der Waals surface area contributed by atoms with Crippen LogP contribution in [0.3, 0.4) is 0 Å². The van der Waals surface area contributed by atoms with Gasteiger partial charge in [0.1, 0.15) is 6.42 Å². The van der Waals surface area contributed by atoms with Crippen molar-refractivity contribution in [3.8, 4) is 0 Å². The van der Waals surface area contributed by atoms with Gasteiger partial charge in [0, 0.05) is 5.69 Å². The molecular formula is C20H22N2O4. The molecule has 0 saturated carbocycles. The minimum absolute atomic E-state index is 0.236. The van der Waals surface area contributed by atoms with Crippen molar-refractivity contribution < 1.29 is 19.1 Å². The van der Waals surface area contributed by atoms with Gasteiger partial charge in [-0.1, -0.05) is 29.8 Å². The summed E-state index contributed by atoms with van der Waals surface area (Å²) in [5, 5.41) is 5.31. The lowest BCUT2D eigenvalue weighted by molar-refractivity contribution is -0.123. The van der Waals surface area contributed by atoms with Crippen LogP contribution in [0, 0.1) is 13.8 Å². The number of benzene rings is 2. The van der Waals surface area contributed by atoms with Crippen molar-refractivity contribution >= 4 is 29.2 Å². The maximum Gasteiger partial charge on any atom is 0.340 e. The monoisotopic (exact) mass is 354 g/mol. The predicted molar refractivity (Wildman–Crippen MR) is 100 cm³/mol. The maximum absolute atomic E-state index is 12.2. The zero-order valence-corrected chi connectivity index (χ0v) is 15.1. The highest BCUT2D eigenvalue weighted by Crippen LogP contribution is 2.18. The van der Waals surface area contributed by atoms with Crippen molar-refractivity contribution in [1.82, 2.24) is 0 Å². The third-order valence-electron chi connectivity index (χ3n) is 3.67. The van der Waals surface area contributed by atoms with Crippen LogP contribution in [0.4, 0.5) is 11.4 Å². The van der Waals surface area contributed by atoms with Gasteiger partial charge in [0.2, 0.25) is 11.8 Å². The lowest BCUT2D eigenvalue weighted by Gasteiger charge is -2.11. The van der Waals surface area contributed by atoms with Crippen molar-refractivity contribution in [3.05, 3.63) is 59.2 Å². The molecule has 2 amide bonds. The predicted octanol–water partition coefficient (Wildman–Crippen LogP) is 3.45. The first-order chi connectivity index (χ1) is 12.4. The standard InChI is InChI=1S/C20H22N2O4/c1-4-26-20(25)15-7-5-6-8-17(15)22-19(24)12-18(23)21-16-10-9-13(2)11-14(16)3/h5-11H,4,12H2,1-3H3,(H,21,23)(H,22,24). The quantitative estimate of drug-likeness (QED) is 0.615. The van der Waals surface area contributed by atoms with E-state index in [1.807, 2.05) is 26.0 Å². The molecular weight excluding hydrogens is 332 g/mol. The third-order valence-corrected chi connectivity index (χ3v) is 3.67. The van der Waals surface area contributed by atoms with Crippen LogP contribution in [0.15, 0.2) is 42.5 Å². The number of anilines is 2. The number of para-hydroxylation sites is 1. The topological polar surface area (TPSA) is 84.5 Å². The minimum atomic E-state index is -0.525. The fourth-order valence-corrected chi connectivity index (χ4v) is 2.47. The van der Waals surface area contributed by atoms with Crippen LogP contribution in [0.2, 0.25) is 0 Å². The Morgan fingerprint density at radius 3 is 2.23 bits per heavy atom. The van der Waals surface area contributed by atoms with Gasteiger partial charge in [-0.05, 0) is 44.5 Å². The van der Waals surface area contributed by atoms with Gasteiger partial charge in [0.25, 0.3) is 0 Å². The molecule has 26 heavy (non-hydrogen) atoms. The van der Waals surface area contributed by atoms with Gasteiger partial charge >= 0.3 is 5.97 Å². The molecule has 2 rings (SSSR count). The lowest BCUT2D eigenvalue weighted by Crippen LogP contribution is -2.22. The molecule has 0 saturated heterocycles. The van der Waals surface area contributed by atoms with Crippen LogP contribution < -0.4 is 10.6 Å². The summed E-state index contributed by atoms with van der Waals surface area (Å²) in [7, 11) is 0. The normalized spacial score (nSPS) is 10.1. The Hall–Kier alpha value is -3.15. The number of hydrogen-bond acceptors (Lipinski definition) is 4. The second-order valence-corrected chi connectivity index (χ2v) is 5.86. The average molecular weight is 354 g/mol. The number of ether oxygens (including phenoxy) is 1. The number of amides is 2. The van der Waals surface area contributed by atoms with E-state index in [1.165, 1.54) is 0 Å². The highest BCUT2D eigenvalue weighted by Gasteiger charge is 2.16. The molecule has 0 radical (unpaired) electrons. The molecule has 2 aromatic rings. The average Bonchev–Trinajstić information content (AvgIpc) is 2.58. The van der Waals surface area contributed by atoms with Gasteiger partial charge in [0.15, 0.2) is 0 Å². The number of nitrogens with one attached hydrogen (secondary N) is 2. The van der Waals surface area contributed by atoms with E-state index in [0.29, 0.717) is 11.4 Å². The van der Waals surface area contributed by atoms with Crippen molar-refractivity contribution in [2.75, 3.05) is 17.2 Å². The molecule has 6 heteroatoms. The highest BCUT2D eigenvalue weighted by molar-refractivity contribution is 6.10. The molecule has 2 aromatic carbocycles. The molecule has 0 unspecified atom stereocenters. The molecule has 0 aliphatic heterocycles. The van der Waals surface area contributed by atoms with E-state index in [9.17, 15) is 14.4 Å². The molecule has 0 spiro atoms. The van der Waals surface area contributed by atoms with E-state index in [1.54, 1.807) is 37.3 Å². The van der Waals surface area contributed by atoms with E-state index < -0.39 is 17.8 Å². The number of aryl methyl sites for hydroxylation is 2. The first kappa shape index (κ1) is 19.2. The van der Waals surface area contributed by atoms with Crippen molar-refractivity contribution in [1.29, 1.82) is 0 Å². The number of rotatable bonds is 6. The smallest absolute Gasteiger partial charge is 0.340 e. The number of carbonyl (C=O) groups is 3. The molecule has 0 aliphatic carbocycles. The maximum atomic E-state index is 12.2. The van der Waals surface area contributed by atoms with Gasteiger partial charge in [-0.3, -0.25) is 9.59 Å². The zero-order chi connectivity index (χ0) is 19.1. The van der Waals surface area contributed by atoms with Crippen LogP contribution >= 0.6 is 0 Å². The molecule has 0 fully saturated rings. The molecule has 6 nitrogen and oxygen atoms in total. The summed E-state index contributed by atoms with van der Waals surface area (Å²) in [5.41, 5.74) is 3.24. The van der Waals surface area contributed by atoms with Crippen molar-refractivity contribution in [2.24, 2.45) is 0 Å². The Kier molecular flexibility index (Phi) is 6.49. The minimum Gasteiger partial charge on any atom is -0.462 e. The largest absolute Gasteiger partial charge is 0.462 e. The van der Waals surface area contributed by atoms with E-state index in [0.717, 1.165) is 11.1 Å². The van der Waals surface area contributed by atoms with E-state index >= 15 is 0 Å². The molecule has 0 aliphatic rings. The number of hydrogen-bond donors (Lipinski definition) is 2. The lowest BCUT2D eigenvalue weighted by atomic mass is 10.1. The Bertz CT molecular complexity index is 830. The summed E-state index contributed by atoms with van der Waals surface area (Å²) < 4.78 is 4.96. The summed E-state index contributed by atoms with van der Waals surface area (Å²) in [6.45, 7) is 5.79. The van der Waals surface area contributed by atoms with Crippen LogP contribution in [-0.2, 0) is 14.3 Å². The van der Waals surface area contributed by atoms with Crippen LogP contribution in [-0.4, -0.2) is 24.4 Å². The Labute approximate surface area is 152 Å². The highest BCUT2D eigenvalue weighted by atomic mass is 16.5. The zero-order valence-electron chi connectivity index (χ0n) is 15.1. The molecule has 136 valence electrons. The number of carbonyl (C=O) groups excluding carboxylic acids is 3. The first-order valence-corrected chi connectivity index (χ1v) is 8.33. The summed E-state index contributed by atoms with van der Waals surface area (Å²) >= 11 is 0. The van der Waals surface area contributed by atoms with Gasteiger partial charge in [-0.25, -0.2) is 4.79 Å². The van der Waals surface area contributed by atoms with Crippen molar-refractivity contribution in [2.45, 2.75) is 27.2 Å². The van der Waals surface area contributed by atoms with Gasteiger partial charge in [-0.2, -0.15) is 0 Å². The second-order valence-electron chi connectivity index (χ2n) is 5.86. The fourth-order valence-electron chi connectivity index (χ4n) is 2.47. The second kappa shape index (κ2) is 8.80. The van der Waals surface area contributed by atoms with E-state index in [2.05, 4.69) is 10.6 Å². The molecule has 0 heterocycles. The molecule has 0 aromatic heterocycles. The molecule has 0 bridgehead atoms. The van der Waals surface area contributed by atoms with Gasteiger partial charge < -0.3 is 15.4 Å². The van der Waals surface area contributed by atoms with Gasteiger partial charge in [0.05, 0.1) is 17.9 Å². The number of esters is 1. The summed E-state index contributed by atoms with van der Waals surface area (Å²) in [4.78, 5) is 36.2. The summed E-state index contributed by atoms with van der Waals surface area (Å²) in [6, 6.07) is 12.2. The Balaban J connectivity index is 2.00. The molecule has 0 atom stereocenters. The Morgan fingerprint density at radius 1 is 0.923 bits per heavy atom. The first-order valence-electron chi connectivity index (χ1n) is 8.33. The van der Waals surface area contributed by atoms with Gasteiger partial charge in [-0.15, -0.1) is 0 Å². The molecule has 2 N–H and O–H groups in total. The van der Waals surface area contributed by atoms with Crippen LogP contribution in [0.1, 0.15) is 34.8 Å². The Morgan fingerprint density at radius 2 is 1.58 bits per heavy atom. The van der Waals surface area contributed by atoms with Crippen LogP contribution in [0.25, 0.3) is 0 Å². The third kappa shape index (κ3) is 5.17. The fraction of sp³-hybridized carbons (Fsp3) is 0.250. The van der Waals surface area contributed by atoms with E-state index in [-0.39, 0.29) is 18.6 Å². The van der Waals surface area contributed by atoms with Crippen LogP contribution in [0.5, 0.6) is 0 Å². The van der Waals surface area contributed by atoms with E-state index in [4.69, 9.17) is 4.74 Å². The van der Waals surface area contributed by atoms with Crippen molar-refractivity contribution in [3.63, 3.8) is 0 Å².